The maximum Gasteiger partial charge on any atom is 0.340 e. The molecular weight excluding hydrogens is 388 g/mol. The molecule has 8 heteroatoms. The van der Waals surface area contributed by atoms with Crippen molar-refractivity contribution < 1.29 is 28.3 Å². The molecule has 2 N–H and O–H groups in total. The van der Waals surface area contributed by atoms with Crippen molar-refractivity contribution in [3.05, 3.63) is 77.7 Å². The number of Topliss-reactive ketones (excluding diaryl/α,β-unsaturated/α-hetero) is 1. The maximum atomic E-state index is 12.5. The van der Waals surface area contributed by atoms with Crippen LogP contribution in [0, 0.1) is 0 Å². The molecule has 0 fully saturated rings. The van der Waals surface area contributed by atoms with Gasteiger partial charge in [0.25, 0.3) is 5.91 Å². The summed E-state index contributed by atoms with van der Waals surface area (Å²) in [4.78, 5) is 36.4. The number of ether oxygens (including phenoxy) is 2. The van der Waals surface area contributed by atoms with E-state index in [2.05, 4.69) is 10.6 Å². The van der Waals surface area contributed by atoms with Crippen molar-refractivity contribution >= 4 is 29.0 Å². The SMILES string of the molecule is O=C1COc2ccc(C(=O)COC(=O)c3ccccc3NCc3ccco3)cc2N1. The fraction of sp³-hybridized carbons (Fsp3) is 0.136. The van der Waals surface area contributed by atoms with Crippen molar-refractivity contribution in [1.82, 2.24) is 0 Å². The van der Waals surface area contributed by atoms with Crippen LogP contribution in [0.2, 0.25) is 0 Å². The van der Waals surface area contributed by atoms with E-state index in [1.807, 2.05) is 6.07 Å². The second-order valence-corrected chi connectivity index (χ2v) is 6.53. The van der Waals surface area contributed by atoms with Crippen molar-refractivity contribution in [3.63, 3.8) is 0 Å². The first kappa shape index (κ1) is 19.3. The van der Waals surface area contributed by atoms with Crippen molar-refractivity contribution in [3.8, 4) is 5.75 Å². The molecule has 1 aliphatic rings. The average Bonchev–Trinajstić information content (AvgIpc) is 3.29. The Balaban J connectivity index is 1.39. The first-order chi connectivity index (χ1) is 14.6. The van der Waals surface area contributed by atoms with Crippen LogP contribution in [0.25, 0.3) is 0 Å². The molecule has 0 saturated carbocycles. The predicted molar refractivity (Wildman–Crippen MR) is 108 cm³/mol. The van der Waals surface area contributed by atoms with Crippen molar-refractivity contribution in [1.29, 1.82) is 0 Å². The van der Waals surface area contributed by atoms with Gasteiger partial charge in [-0.1, -0.05) is 12.1 Å². The molecule has 1 amide bonds. The third-order valence-corrected chi connectivity index (χ3v) is 4.45. The van der Waals surface area contributed by atoms with Crippen LogP contribution in [-0.4, -0.2) is 30.9 Å². The van der Waals surface area contributed by atoms with Crippen LogP contribution in [0.5, 0.6) is 5.75 Å². The van der Waals surface area contributed by atoms with Crippen LogP contribution in [0.1, 0.15) is 26.5 Å². The smallest absolute Gasteiger partial charge is 0.340 e. The van der Waals surface area contributed by atoms with Gasteiger partial charge in [-0.3, -0.25) is 9.59 Å². The molecule has 30 heavy (non-hydrogen) atoms. The lowest BCUT2D eigenvalue weighted by Crippen LogP contribution is -2.25. The van der Waals surface area contributed by atoms with E-state index < -0.39 is 18.4 Å². The molecule has 0 saturated heterocycles. The molecule has 3 aromatic rings. The zero-order valence-corrected chi connectivity index (χ0v) is 15.8. The number of para-hydroxylation sites is 1. The summed E-state index contributed by atoms with van der Waals surface area (Å²) in [5.74, 6) is -0.110. The number of fused-ring (bicyclic) bond motifs is 1. The molecule has 2 aromatic carbocycles. The molecular formula is C22H18N2O6. The fourth-order valence-electron chi connectivity index (χ4n) is 2.96. The number of hydrogen-bond acceptors (Lipinski definition) is 7. The molecule has 0 bridgehead atoms. The van der Waals surface area contributed by atoms with E-state index in [9.17, 15) is 14.4 Å². The monoisotopic (exact) mass is 406 g/mol. The summed E-state index contributed by atoms with van der Waals surface area (Å²) in [6, 6.07) is 15.1. The second kappa shape index (κ2) is 8.52. The summed E-state index contributed by atoms with van der Waals surface area (Å²) < 4.78 is 15.8. The average molecular weight is 406 g/mol. The maximum absolute atomic E-state index is 12.5. The quantitative estimate of drug-likeness (QED) is 0.458. The molecule has 1 aromatic heterocycles. The number of anilines is 2. The lowest BCUT2D eigenvalue weighted by Gasteiger charge is -2.18. The highest BCUT2D eigenvalue weighted by Gasteiger charge is 2.19. The molecule has 8 nitrogen and oxygen atoms in total. The minimum atomic E-state index is -0.625. The minimum Gasteiger partial charge on any atom is -0.482 e. The Bertz CT molecular complexity index is 1090. The van der Waals surface area contributed by atoms with Gasteiger partial charge in [-0.15, -0.1) is 0 Å². The highest BCUT2D eigenvalue weighted by atomic mass is 16.5. The van der Waals surface area contributed by atoms with Crippen LogP contribution in [0.3, 0.4) is 0 Å². The van der Waals surface area contributed by atoms with Gasteiger partial charge in [0, 0.05) is 11.3 Å². The van der Waals surface area contributed by atoms with Crippen LogP contribution in [-0.2, 0) is 16.1 Å². The van der Waals surface area contributed by atoms with Gasteiger partial charge in [0.2, 0.25) is 0 Å². The highest BCUT2D eigenvalue weighted by molar-refractivity contribution is 6.03. The first-order valence-electron chi connectivity index (χ1n) is 9.22. The molecule has 2 heterocycles. The van der Waals surface area contributed by atoms with Gasteiger partial charge in [-0.05, 0) is 42.5 Å². The van der Waals surface area contributed by atoms with E-state index in [1.165, 1.54) is 6.07 Å². The number of carbonyl (C=O) groups excluding carboxylic acids is 3. The summed E-state index contributed by atoms with van der Waals surface area (Å²) >= 11 is 0. The van der Waals surface area contributed by atoms with Gasteiger partial charge in [0.15, 0.2) is 19.0 Å². The van der Waals surface area contributed by atoms with Gasteiger partial charge >= 0.3 is 5.97 Å². The fourth-order valence-corrected chi connectivity index (χ4v) is 2.96. The number of ketones is 1. The number of esters is 1. The Hall–Kier alpha value is -4.07. The van der Waals surface area contributed by atoms with E-state index >= 15 is 0 Å². The number of hydrogen-bond donors (Lipinski definition) is 2. The van der Waals surface area contributed by atoms with Crippen LogP contribution in [0.15, 0.2) is 65.3 Å². The third kappa shape index (κ3) is 4.33. The first-order valence-corrected chi connectivity index (χ1v) is 9.22. The Morgan fingerprint density at radius 2 is 1.97 bits per heavy atom. The van der Waals surface area contributed by atoms with Crippen LogP contribution in [0.4, 0.5) is 11.4 Å². The summed E-state index contributed by atoms with van der Waals surface area (Å²) in [7, 11) is 0. The van der Waals surface area contributed by atoms with E-state index in [4.69, 9.17) is 13.9 Å². The Labute approximate surface area is 171 Å². The third-order valence-electron chi connectivity index (χ3n) is 4.45. The standard InChI is InChI=1S/C22H18N2O6/c25-19(14-7-8-20-18(10-14)24-21(26)13-29-20)12-30-22(27)16-5-1-2-6-17(16)23-11-15-4-3-9-28-15/h1-10,23H,11-13H2,(H,24,26). The zero-order valence-electron chi connectivity index (χ0n) is 15.8. The minimum absolute atomic E-state index is 0.0642. The number of rotatable bonds is 7. The largest absolute Gasteiger partial charge is 0.482 e. The molecule has 152 valence electrons. The predicted octanol–water partition coefficient (Wildman–Crippen LogP) is 3.26. The highest BCUT2D eigenvalue weighted by Crippen LogP contribution is 2.28. The van der Waals surface area contributed by atoms with Gasteiger partial charge in [0.05, 0.1) is 24.1 Å². The Morgan fingerprint density at radius 1 is 1.10 bits per heavy atom. The molecule has 0 radical (unpaired) electrons. The van der Waals surface area contributed by atoms with Gasteiger partial charge in [0.1, 0.15) is 11.5 Å². The normalized spacial score (nSPS) is 12.3. The number of nitrogens with one attached hydrogen (secondary N) is 2. The van der Waals surface area contributed by atoms with E-state index in [-0.39, 0.29) is 12.5 Å². The second-order valence-electron chi connectivity index (χ2n) is 6.53. The number of amides is 1. The molecule has 0 aliphatic carbocycles. The lowest BCUT2D eigenvalue weighted by molar-refractivity contribution is -0.118. The van der Waals surface area contributed by atoms with Crippen molar-refractivity contribution in [2.75, 3.05) is 23.8 Å². The number of benzene rings is 2. The van der Waals surface area contributed by atoms with Crippen LogP contribution < -0.4 is 15.4 Å². The Kier molecular flexibility index (Phi) is 5.47. The molecule has 0 atom stereocenters. The summed E-state index contributed by atoms with van der Waals surface area (Å²) in [5, 5.41) is 5.76. The summed E-state index contributed by atoms with van der Waals surface area (Å²) in [5.41, 5.74) is 1.59. The summed E-state index contributed by atoms with van der Waals surface area (Å²) in [6.07, 6.45) is 1.57. The molecule has 0 spiro atoms. The summed E-state index contributed by atoms with van der Waals surface area (Å²) in [6.45, 7) is -0.0939. The molecule has 1 aliphatic heterocycles. The number of carbonyl (C=O) groups is 3. The van der Waals surface area contributed by atoms with Gasteiger partial charge in [-0.2, -0.15) is 0 Å². The van der Waals surface area contributed by atoms with Crippen molar-refractivity contribution in [2.45, 2.75) is 6.54 Å². The van der Waals surface area contributed by atoms with E-state index in [1.54, 1.807) is 48.7 Å². The van der Waals surface area contributed by atoms with E-state index in [0.717, 1.165) is 5.76 Å². The topological polar surface area (TPSA) is 107 Å². The van der Waals surface area contributed by atoms with E-state index in [0.29, 0.717) is 34.8 Å². The number of furan rings is 1. The van der Waals surface area contributed by atoms with Gasteiger partial charge < -0.3 is 24.5 Å². The molecule has 4 rings (SSSR count). The van der Waals surface area contributed by atoms with Gasteiger partial charge in [-0.25, -0.2) is 4.79 Å². The zero-order chi connectivity index (χ0) is 20.9. The lowest BCUT2D eigenvalue weighted by atomic mass is 10.1. The Morgan fingerprint density at radius 3 is 2.80 bits per heavy atom. The van der Waals surface area contributed by atoms with Crippen molar-refractivity contribution in [2.24, 2.45) is 0 Å². The van der Waals surface area contributed by atoms with Crippen LogP contribution >= 0.6 is 0 Å². The molecule has 0 unspecified atom stereocenters.